The molecule has 0 aromatic rings. The van der Waals surface area contributed by atoms with Crippen LogP contribution in [-0.2, 0) is 28.2 Å². The van der Waals surface area contributed by atoms with Gasteiger partial charge in [0.15, 0.2) is 6.10 Å². The number of hydrogen-bond donors (Lipinski definition) is 0. The molecule has 0 aromatic carbocycles. The second-order valence-corrected chi connectivity index (χ2v) is 6.77. The first-order chi connectivity index (χ1) is 19.3. The monoisotopic (exact) mass is 588 g/mol. The number of carbonyl (C=O) groups is 2. The van der Waals surface area contributed by atoms with Crippen molar-refractivity contribution in [2.45, 2.75) is 20.0 Å². The van der Waals surface area contributed by atoms with E-state index in [0.717, 1.165) is 0 Å². The van der Waals surface area contributed by atoms with Gasteiger partial charge in [0.1, 0.15) is 6.61 Å². The summed E-state index contributed by atoms with van der Waals surface area (Å²) >= 11 is 0. The smallest absolute Gasteiger partial charge is 0.790 e. The average Bonchev–Trinajstić information content (AvgIpc) is 2.91. The number of rotatable bonds is 6. The van der Waals surface area contributed by atoms with Gasteiger partial charge in [0.05, 0.1) is 14.4 Å². The van der Waals surface area contributed by atoms with Gasteiger partial charge in [-0.2, -0.15) is 0 Å². The summed E-state index contributed by atoms with van der Waals surface area (Å²) in [5.41, 5.74) is 0. The number of ether oxygens (including phenoxy) is 2. The Morgan fingerprint density at radius 3 is 1.26 bits per heavy atom. The molecule has 11 heteroatoms. The van der Waals surface area contributed by atoms with Crippen molar-refractivity contribution in [2.75, 3.05) is 13.2 Å². The summed E-state index contributed by atoms with van der Waals surface area (Å²) in [7, 11) is -5.41. The Kier molecular flexibility index (Phi) is 29.9. The fourth-order valence-corrected chi connectivity index (χ4v) is 1.81. The Balaban J connectivity index is -0.00000760. The summed E-state index contributed by atoms with van der Waals surface area (Å²) in [6, 6.07) is 0. The van der Waals surface area contributed by atoms with Gasteiger partial charge >= 0.3 is 71.1 Å². The van der Waals surface area contributed by atoms with E-state index in [1.807, 2.05) is 11.8 Å². The Morgan fingerprint density at radius 2 is 0.905 bits per heavy atom. The summed E-state index contributed by atoms with van der Waals surface area (Å²) in [4.78, 5) is 44.9. The van der Waals surface area contributed by atoms with Crippen molar-refractivity contribution in [1.29, 1.82) is 0 Å². The zero-order valence-electron chi connectivity index (χ0n) is 22.7. The van der Waals surface area contributed by atoms with E-state index >= 15 is 0 Å². The molecule has 42 heavy (non-hydrogen) atoms. The Bertz CT molecular complexity index is 1820. The third-order valence-electron chi connectivity index (χ3n) is 2.80. The average molecular weight is 588 g/mol. The van der Waals surface area contributed by atoms with E-state index in [9.17, 15) is 23.9 Å². The van der Waals surface area contributed by atoms with E-state index in [0.29, 0.717) is 0 Å². The molecule has 8 nitrogen and oxygen atoms in total. The predicted octanol–water partition coefficient (Wildman–Crippen LogP) is -7.62. The molecule has 0 aliphatic heterocycles. The maximum absolute atomic E-state index is 11.8. The molecule has 0 saturated heterocycles. The molecule has 0 aromatic heterocycles. The molecule has 0 aliphatic carbocycles. The van der Waals surface area contributed by atoms with E-state index in [4.69, 9.17) is 9.47 Å². The van der Waals surface area contributed by atoms with Gasteiger partial charge in [-0.3, -0.25) is 0 Å². The molecule has 0 radical (unpaired) electrons. The standard InChI is InChI=1S/C31H13O8P.2Na/c1-3-5-7-9-11-13-14-15-16-18-20-22-24-26-31(33)39-29(28-38-40(34,35)36)27-37-30(32)25-23-21-19-17-12-10-8-6-4-2;;/h29H,27-28H2,1-2H3,(H2,34,35,36);;/q;2*+1/p-2/t29-;;/m0../s1. The minimum atomic E-state index is -5.41. The second kappa shape index (κ2) is 29.7. The van der Waals surface area contributed by atoms with E-state index in [1.54, 1.807) is 13.8 Å². The van der Waals surface area contributed by atoms with Crippen molar-refractivity contribution >= 4 is 19.8 Å². The zero-order chi connectivity index (χ0) is 29.7. The predicted molar refractivity (Wildman–Crippen MR) is 139 cm³/mol. The minimum Gasteiger partial charge on any atom is -0.790 e. The first-order valence-electron chi connectivity index (χ1n) is 10.2. The van der Waals surface area contributed by atoms with Crippen LogP contribution in [-0.4, -0.2) is 31.3 Å². The maximum atomic E-state index is 11.8. The maximum Gasteiger partial charge on any atom is 1.00 e. The molecular formula is C31H11Na2O8P. The molecular weight excluding hydrogens is 577 g/mol. The van der Waals surface area contributed by atoms with Crippen LogP contribution in [0.3, 0.4) is 0 Å². The number of carbonyl (C=O) groups excluding carboxylic acids is 2. The first-order valence-corrected chi connectivity index (χ1v) is 11.6. The molecule has 0 fully saturated rings. The normalized spacial score (nSPS) is 7.24. The summed E-state index contributed by atoms with van der Waals surface area (Å²) in [6.07, 6.45) is -1.51. The number of phosphoric ester groups is 1. The van der Waals surface area contributed by atoms with Crippen molar-refractivity contribution in [3.8, 4) is 142 Å². The summed E-state index contributed by atoms with van der Waals surface area (Å²) < 4.78 is 24.3. The molecule has 1 atom stereocenters. The van der Waals surface area contributed by atoms with Crippen LogP contribution in [0.15, 0.2) is 0 Å². The minimum absolute atomic E-state index is 0. The second-order valence-electron chi connectivity index (χ2n) is 5.62. The summed E-state index contributed by atoms with van der Waals surface area (Å²) in [5, 5.41) is 0. The van der Waals surface area contributed by atoms with Gasteiger partial charge in [0, 0.05) is 11.8 Å². The number of phosphoric acid groups is 1. The third-order valence-corrected chi connectivity index (χ3v) is 3.26. The molecule has 0 amide bonds. The Morgan fingerprint density at radius 1 is 0.571 bits per heavy atom. The van der Waals surface area contributed by atoms with E-state index in [-0.39, 0.29) is 59.1 Å². The Labute approximate surface area is 289 Å². The van der Waals surface area contributed by atoms with Crippen molar-refractivity contribution in [1.82, 2.24) is 0 Å². The number of hydrogen-bond acceptors (Lipinski definition) is 8. The van der Waals surface area contributed by atoms with Gasteiger partial charge in [0.25, 0.3) is 0 Å². The van der Waals surface area contributed by atoms with Gasteiger partial charge in [-0.05, 0) is 132 Å². The van der Waals surface area contributed by atoms with Crippen LogP contribution in [0.25, 0.3) is 0 Å². The van der Waals surface area contributed by atoms with Crippen LogP contribution in [0.2, 0.25) is 0 Å². The zero-order valence-corrected chi connectivity index (χ0v) is 27.6. The molecule has 190 valence electrons. The van der Waals surface area contributed by atoms with E-state index in [1.165, 1.54) is 0 Å². The van der Waals surface area contributed by atoms with Gasteiger partial charge in [-0.15, -0.1) is 0 Å². The Hall–Kier alpha value is -4.23. The van der Waals surface area contributed by atoms with Crippen LogP contribution < -0.4 is 68.9 Å². The van der Waals surface area contributed by atoms with Crippen molar-refractivity contribution in [3.63, 3.8) is 0 Å². The molecule has 0 unspecified atom stereocenters. The molecule has 0 N–H and O–H groups in total. The van der Waals surface area contributed by atoms with Crippen molar-refractivity contribution < 1.29 is 97.1 Å². The van der Waals surface area contributed by atoms with Gasteiger partial charge in [-0.1, -0.05) is 11.8 Å². The topological polar surface area (TPSA) is 125 Å². The van der Waals surface area contributed by atoms with Crippen molar-refractivity contribution in [3.05, 3.63) is 0 Å². The quantitative estimate of drug-likeness (QED) is 0.0986. The SMILES string of the molecule is CC#CC#CC#CC#CC#CC#CC#CC(=O)O[C@@H](COC(=O)C#CC#CC#CC#CC#CC)COP(=O)([O-])[O-].[Na+].[Na+]. The van der Waals surface area contributed by atoms with Crippen molar-refractivity contribution in [2.24, 2.45) is 0 Å². The molecule has 0 rings (SSSR count). The summed E-state index contributed by atoms with van der Waals surface area (Å²) in [5.74, 6) is 54.0. The van der Waals surface area contributed by atoms with Crippen LogP contribution in [0.5, 0.6) is 0 Å². The van der Waals surface area contributed by atoms with Gasteiger partial charge < -0.3 is 28.3 Å². The summed E-state index contributed by atoms with van der Waals surface area (Å²) in [6.45, 7) is 1.61. The van der Waals surface area contributed by atoms with Crippen LogP contribution in [0.1, 0.15) is 13.8 Å². The molecule has 0 saturated carbocycles. The molecule has 0 bridgehead atoms. The first kappa shape index (κ1) is 42.2. The van der Waals surface area contributed by atoms with E-state index < -0.39 is 39.1 Å². The molecule has 0 heterocycles. The number of esters is 2. The van der Waals surface area contributed by atoms with Crippen LogP contribution >= 0.6 is 7.82 Å². The fourth-order valence-electron chi connectivity index (χ4n) is 1.47. The van der Waals surface area contributed by atoms with E-state index in [2.05, 4.69) is 135 Å². The van der Waals surface area contributed by atoms with Gasteiger partial charge in [-0.25, -0.2) is 9.59 Å². The molecule has 0 spiro atoms. The largest absolute Gasteiger partial charge is 1.00 e. The third kappa shape index (κ3) is 32.0. The van der Waals surface area contributed by atoms with Crippen LogP contribution in [0, 0.1) is 142 Å². The van der Waals surface area contributed by atoms with Gasteiger partial charge in [0.2, 0.25) is 0 Å². The van der Waals surface area contributed by atoms with Crippen LogP contribution in [0.4, 0.5) is 0 Å². The molecule has 0 aliphatic rings. The fraction of sp³-hybridized carbons (Fsp3) is 0.161.